The van der Waals surface area contributed by atoms with Gasteiger partial charge in [0.15, 0.2) is 0 Å². The number of fused-ring (bicyclic) bond motifs is 1. The largest absolute Gasteiger partial charge is 0.480 e. The van der Waals surface area contributed by atoms with Gasteiger partial charge in [0.2, 0.25) is 0 Å². The van der Waals surface area contributed by atoms with E-state index in [1.807, 2.05) is 6.92 Å². The number of aliphatic carboxylic acids is 1. The Morgan fingerprint density at radius 3 is 2.57 bits per heavy atom. The van der Waals surface area contributed by atoms with E-state index in [1.54, 1.807) is 22.8 Å². The van der Waals surface area contributed by atoms with Crippen LogP contribution in [0.3, 0.4) is 0 Å². The third kappa shape index (κ3) is 4.30. The summed E-state index contributed by atoms with van der Waals surface area (Å²) in [5, 5.41) is 9.18. The van der Waals surface area contributed by atoms with E-state index < -0.39 is 21.8 Å². The average molecular weight is 405 g/mol. The maximum absolute atomic E-state index is 13.0. The van der Waals surface area contributed by atoms with Crippen LogP contribution < -0.4 is 4.72 Å². The molecule has 2 N–H and O–H groups in total. The topological polar surface area (TPSA) is 101 Å². The minimum atomic E-state index is -3.88. The van der Waals surface area contributed by atoms with Crippen molar-refractivity contribution in [2.75, 3.05) is 4.72 Å². The van der Waals surface area contributed by atoms with E-state index in [9.17, 15) is 22.7 Å². The summed E-state index contributed by atoms with van der Waals surface area (Å²) in [4.78, 5) is 15.6. The van der Waals surface area contributed by atoms with Crippen LogP contribution >= 0.6 is 0 Å². The van der Waals surface area contributed by atoms with Gasteiger partial charge in [-0.15, -0.1) is 0 Å². The predicted octanol–water partition coefficient (Wildman–Crippen LogP) is 3.40. The van der Waals surface area contributed by atoms with Crippen molar-refractivity contribution < 1.29 is 22.7 Å². The molecule has 0 saturated carbocycles. The summed E-state index contributed by atoms with van der Waals surface area (Å²) in [5.41, 5.74) is 1.42. The summed E-state index contributed by atoms with van der Waals surface area (Å²) >= 11 is 0. The SMILES string of the molecule is CCCCc1nc2cc(NS(=O)(=O)c3ccc(F)cc3)ccc2n1CC(=O)O. The number of imidazole rings is 1. The zero-order valence-electron chi connectivity index (χ0n) is 15.2. The number of halogens is 1. The second kappa shape index (κ2) is 7.97. The van der Waals surface area contributed by atoms with Crippen molar-refractivity contribution in [3.8, 4) is 0 Å². The molecule has 0 aliphatic rings. The highest BCUT2D eigenvalue weighted by molar-refractivity contribution is 7.92. The number of nitrogens with one attached hydrogen (secondary N) is 1. The smallest absolute Gasteiger partial charge is 0.323 e. The molecule has 3 aromatic rings. The molecule has 0 spiro atoms. The number of nitrogens with zero attached hydrogens (tertiary/aromatic N) is 2. The number of unbranched alkanes of at least 4 members (excludes halogenated alkanes) is 1. The highest BCUT2D eigenvalue weighted by Crippen LogP contribution is 2.24. The van der Waals surface area contributed by atoms with E-state index in [2.05, 4.69) is 9.71 Å². The fourth-order valence-corrected chi connectivity index (χ4v) is 3.96. The quantitative estimate of drug-likeness (QED) is 0.598. The highest BCUT2D eigenvalue weighted by Gasteiger charge is 2.17. The van der Waals surface area contributed by atoms with Crippen LogP contribution in [0.25, 0.3) is 11.0 Å². The summed E-state index contributed by atoms with van der Waals surface area (Å²) < 4.78 is 42.0. The number of aryl methyl sites for hydroxylation is 1. The highest BCUT2D eigenvalue weighted by atomic mass is 32.2. The number of rotatable bonds is 8. The molecule has 0 aliphatic carbocycles. The fourth-order valence-electron chi connectivity index (χ4n) is 2.91. The van der Waals surface area contributed by atoms with Crippen molar-refractivity contribution in [1.29, 1.82) is 0 Å². The van der Waals surface area contributed by atoms with Crippen molar-refractivity contribution in [3.05, 3.63) is 54.1 Å². The number of hydrogen-bond donors (Lipinski definition) is 2. The lowest BCUT2D eigenvalue weighted by atomic mass is 10.2. The molecule has 0 aliphatic heterocycles. The van der Waals surface area contributed by atoms with Crippen molar-refractivity contribution in [2.45, 2.75) is 37.6 Å². The zero-order valence-corrected chi connectivity index (χ0v) is 16.0. The van der Waals surface area contributed by atoms with Crippen molar-refractivity contribution in [3.63, 3.8) is 0 Å². The fraction of sp³-hybridized carbons (Fsp3) is 0.263. The van der Waals surface area contributed by atoms with Crippen LogP contribution in [0.1, 0.15) is 25.6 Å². The van der Waals surface area contributed by atoms with Crippen LogP contribution in [0, 0.1) is 5.82 Å². The lowest BCUT2D eigenvalue weighted by Gasteiger charge is -2.09. The van der Waals surface area contributed by atoms with Gasteiger partial charge in [0.05, 0.1) is 21.6 Å². The Balaban J connectivity index is 1.95. The van der Waals surface area contributed by atoms with Gasteiger partial charge in [0.25, 0.3) is 10.0 Å². The van der Waals surface area contributed by atoms with Crippen LogP contribution in [0.4, 0.5) is 10.1 Å². The number of hydrogen-bond acceptors (Lipinski definition) is 4. The molecule has 1 aromatic heterocycles. The van der Waals surface area contributed by atoms with Crippen LogP contribution in [-0.4, -0.2) is 29.0 Å². The molecule has 0 unspecified atom stereocenters. The summed E-state index contributed by atoms with van der Waals surface area (Å²) in [7, 11) is -3.88. The van der Waals surface area contributed by atoms with Crippen molar-refractivity contribution >= 4 is 32.7 Å². The van der Waals surface area contributed by atoms with E-state index >= 15 is 0 Å². The lowest BCUT2D eigenvalue weighted by molar-refractivity contribution is -0.137. The third-order valence-corrected chi connectivity index (χ3v) is 5.65. The van der Waals surface area contributed by atoms with Gasteiger partial charge >= 0.3 is 5.97 Å². The van der Waals surface area contributed by atoms with E-state index in [-0.39, 0.29) is 11.4 Å². The monoisotopic (exact) mass is 405 g/mol. The van der Waals surface area contributed by atoms with Gasteiger partial charge in [-0.2, -0.15) is 0 Å². The Labute approximate surface area is 161 Å². The molecule has 28 heavy (non-hydrogen) atoms. The van der Waals surface area contributed by atoms with E-state index in [0.29, 0.717) is 29.0 Å². The molecule has 0 fully saturated rings. The van der Waals surface area contributed by atoms with Crippen LogP contribution in [0.2, 0.25) is 0 Å². The third-order valence-electron chi connectivity index (χ3n) is 4.25. The summed E-state index contributed by atoms with van der Waals surface area (Å²) in [6.07, 6.45) is 2.45. The summed E-state index contributed by atoms with van der Waals surface area (Å²) in [5.74, 6) is -0.847. The standard InChI is InChI=1S/C19H20FN3O4S/c1-2-3-4-18-21-16-11-14(7-10-17(16)23(18)12-19(24)25)22-28(26,27)15-8-5-13(20)6-9-15/h5-11,22H,2-4,12H2,1H3,(H,24,25). The van der Waals surface area contributed by atoms with E-state index in [1.165, 1.54) is 12.1 Å². The van der Waals surface area contributed by atoms with Crippen molar-refractivity contribution in [2.24, 2.45) is 0 Å². The van der Waals surface area contributed by atoms with Gasteiger partial charge in [0.1, 0.15) is 18.2 Å². The van der Waals surface area contributed by atoms with Gasteiger partial charge in [-0.25, -0.2) is 17.8 Å². The average Bonchev–Trinajstić information content (AvgIpc) is 2.96. The first kappa shape index (κ1) is 19.8. The number of sulfonamides is 1. The molecule has 0 radical (unpaired) electrons. The van der Waals surface area contributed by atoms with Crippen LogP contribution in [-0.2, 0) is 27.8 Å². The number of aromatic nitrogens is 2. The Morgan fingerprint density at radius 2 is 1.93 bits per heavy atom. The number of carboxylic acids is 1. The molecule has 148 valence electrons. The molecule has 7 nitrogen and oxygen atoms in total. The molecule has 0 saturated heterocycles. The normalized spacial score (nSPS) is 11.6. The minimum Gasteiger partial charge on any atom is -0.480 e. The first-order valence-electron chi connectivity index (χ1n) is 8.79. The summed E-state index contributed by atoms with van der Waals surface area (Å²) in [6.45, 7) is 1.82. The maximum Gasteiger partial charge on any atom is 0.323 e. The van der Waals surface area contributed by atoms with Crippen LogP contribution in [0.5, 0.6) is 0 Å². The van der Waals surface area contributed by atoms with Gasteiger partial charge in [0, 0.05) is 6.42 Å². The molecule has 1 heterocycles. The molecule has 0 bridgehead atoms. The molecule has 0 atom stereocenters. The zero-order chi connectivity index (χ0) is 20.3. The molecule has 2 aromatic carbocycles. The molecule has 0 amide bonds. The van der Waals surface area contributed by atoms with Crippen molar-refractivity contribution in [1.82, 2.24) is 9.55 Å². The minimum absolute atomic E-state index is 0.0611. The predicted molar refractivity (Wildman–Crippen MR) is 103 cm³/mol. The van der Waals surface area contributed by atoms with Gasteiger partial charge in [-0.1, -0.05) is 13.3 Å². The van der Waals surface area contributed by atoms with Gasteiger partial charge in [-0.3, -0.25) is 9.52 Å². The maximum atomic E-state index is 13.0. The second-order valence-electron chi connectivity index (χ2n) is 6.37. The number of carbonyl (C=O) groups is 1. The molecular formula is C19H20FN3O4S. The first-order valence-corrected chi connectivity index (χ1v) is 10.3. The Hall–Kier alpha value is -2.94. The molecule has 9 heteroatoms. The van der Waals surface area contributed by atoms with Crippen LogP contribution in [0.15, 0.2) is 47.4 Å². The number of anilines is 1. The molecular weight excluding hydrogens is 385 g/mol. The van der Waals surface area contributed by atoms with E-state index in [4.69, 9.17) is 0 Å². The second-order valence-corrected chi connectivity index (χ2v) is 8.06. The number of benzene rings is 2. The van der Waals surface area contributed by atoms with E-state index in [0.717, 1.165) is 25.0 Å². The Kier molecular flexibility index (Phi) is 5.64. The Bertz CT molecular complexity index is 1110. The Morgan fingerprint density at radius 1 is 1.21 bits per heavy atom. The summed E-state index contributed by atoms with van der Waals surface area (Å²) in [6, 6.07) is 9.26. The molecule has 3 rings (SSSR count). The first-order chi connectivity index (χ1) is 13.3. The lowest BCUT2D eigenvalue weighted by Crippen LogP contribution is -2.13. The van der Waals surface area contributed by atoms with Gasteiger partial charge < -0.3 is 9.67 Å². The number of carboxylic acid groups (broad SMARTS) is 1. The van der Waals surface area contributed by atoms with Gasteiger partial charge in [-0.05, 0) is 48.9 Å².